The van der Waals surface area contributed by atoms with E-state index in [1.54, 1.807) is 18.2 Å². The van der Waals surface area contributed by atoms with E-state index in [-0.39, 0.29) is 6.61 Å². The minimum atomic E-state index is -1.01. The van der Waals surface area contributed by atoms with Crippen molar-refractivity contribution in [2.24, 2.45) is 0 Å². The first-order chi connectivity index (χ1) is 14.0. The lowest BCUT2D eigenvalue weighted by Gasteiger charge is -2.15. The first-order valence-electron chi connectivity index (χ1n) is 8.92. The molecule has 0 aliphatic heterocycles. The summed E-state index contributed by atoms with van der Waals surface area (Å²) in [5, 5.41) is 3.01. The van der Waals surface area contributed by atoms with Crippen LogP contribution in [0.4, 0.5) is 5.82 Å². The molecule has 7 heteroatoms. The summed E-state index contributed by atoms with van der Waals surface area (Å²) < 4.78 is 10.8. The third kappa shape index (κ3) is 5.80. The van der Waals surface area contributed by atoms with Crippen LogP contribution in [0.5, 0.6) is 5.75 Å². The molecule has 29 heavy (non-hydrogen) atoms. The number of amides is 1. The van der Waals surface area contributed by atoms with Crippen molar-refractivity contribution in [3.8, 4) is 16.9 Å². The van der Waals surface area contributed by atoms with Crippen LogP contribution in [0.25, 0.3) is 11.1 Å². The summed E-state index contributed by atoms with van der Waals surface area (Å²) in [6.07, 6.45) is 0.402. The van der Waals surface area contributed by atoms with E-state index in [0.717, 1.165) is 11.1 Å². The summed E-state index contributed by atoms with van der Waals surface area (Å²) in [5.41, 5.74) is 1.83. The molecule has 3 aromatic rings. The predicted octanol–water partition coefficient (Wildman–Crippen LogP) is 4.35. The maximum atomic E-state index is 12.1. The first-order valence-corrected chi connectivity index (χ1v) is 9.30. The van der Waals surface area contributed by atoms with E-state index < -0.39 is 18.0 Å². The number of esters is 1. The van der Waals surface area contributed by atoms with Crippen LogP contribution in [0, 0.1) is 0 Å². The van der Waals surface area contributed by atoms with Crippen molar-refractivity contribution in [3.05, 3.63) is 77.9 Å². The van der Waals surface area contributed by atoms with Crippen molar-refractivity contribution < 1.29 is 19.1 Å². The van der Waals surface area contributed by atoms with Crippen molar-refractivity contribution in [2.75, 3.05) is 11.9 Å². The molecule has 1 aromatic heterocycles. The number of halogens is 1. The van der Waals surface area contributed by atoms with Gasteiger partial charge in [-0.15, -0.1) is 0 Å². The summed E-state index contributed by atoms with van der Waals surface area (Å²) in [7, 11) is 0. The maximum Gasteiger partial charge on any atom is 0.344 e. The van der Waals surface area contributed by atoms with Gasteiger partial charge in [-0.2, -0.15) is 0 Å². The van der Waals surface area contributed by atoms with E-state index in [0.29, 0.717) is 16.6 Å². The largest absolute Gasteiger partial charge is 0.481 e. The van der Waals surface area contributed by atoms with E-state index in [1.165, 1.54) is 13.1 Å². The van der Waals surface area contributed by atoms with Crippen LogP contribution in [-0.2, 0) is 14.3 Å². The van der Waals surface area contributed by atoms with Crippen LogP contribution in [0.15, 0.2) is 72.9 Å². The molecule has 0 spiro atoms. The van der Waals surface area contributed by atoms with E-state index >= 15 is 0 Å². The average Bonchev–Trinajstić information content (AvgIpc) is 2.74. The molecule has 0 aliphatic carbocycles. The van der Waals surface area contributed by atoms with Crippen molar-refractivity contribution >= 4 is 29.3 Å². The predicted molar refractivity (Wildman–Crippen MR) is 111 cm³/mol. The van der Waals surface area contributed by atoms with E-state index in [2.05, 4.69) is 10.3 Å². The zero-order valence-corrected chi connectivity index (χ0v) is 16.4. The Morgan fingerprint density at radius 1 is 1.03 bits per heavy atom. The SMILES string of the molecule is CC(OC(=O)COc1ccccc1-c1ccccc1)C(=O)Nc1ccc(Cl)cn1. The van der Waals surface area contributed by atoms with Gasteiger partial charge in [0.2, 0.25) is 0 Å². The third-order valence-corrected chi connectivity index (χ3v) is 4.20. The molecule has 1 unspecified atom stereocenters. The molecule has 0 saturated carbocycles. The van der Waals surface area contributed by atoms with Gasteiger partial charge >= 0.3 is 5.97 Å². The Balaban J connectivity index is 1.55. The Bertz CT molecular complexity index is 978. The molecular formula is C22H19ClN2O4. The number of pyridine rings is 1. The van der Waals surface area contributed by atoms with Gasteiger partial charge in [0, 0.05) is 11.8 Å². The minimum Gasteiger partial charge on any atom is -0.481 e. The van der Waals surface area contributed by atoms with Gasteiger partial charge in [-0.1, -0.05) is 60.1 Å². The fourth-order valence-electron chi connectivity index (χ4n) is 2.55. The number of carbonyl (C=O) groups is 2. The molecule has 1 atom stereocenters. The van der Waals surface area contributed by atoms with Gasteiger partial charge < -0.3 is 14.8 Å². The van der Waals surface area contributed by atoms with Gasteiger partial charge in [0.15, 0.2) is 12.7 Å². The Hall–Kier alpha value is -3.38. The highest BCUT2D eigenvalue weighted by atomic mass is 35.5. The van der Waals surface area contributed by atoms with Gasteiger partial charge in [0.05, 0.1) is 5.02 Å². The number of hydrogen-bond donors (Lipinski definition) is 1. The van der Waals surface area contributed by atoms with E-state index in [4.69, 9.17) is 21.1 Å². The molecule has 0 bridgehead atoms. The molecule has 0 fully saturated rings. The van der Waals surface area contributed by atoms with Crippen molar-refractivity contribution in [1.82, 2.24) is 4.98 Å². The van der Waals surface area contributed by atoms with Crippen molar-refractivity contribution in [3.63, 3.8) is 0 Å². The average molecular weight is 411 g/mol. The molecule has 3 rings (SSSR count). The zero-order chi connectivity index (χ0) is 20.6. The number of carbonyl (C=O) groups excluding carboxylic acids is 2. The molecule has 6 nitrogen and oxygen atoms in total. The molecule has 1 N–H and O–H groups in total. The third-order valence-electron chi connectivity index (χ3n) is 3.97. The second-order valence-electron chi connectivity index (χ2n) is 6.13. The standard InChI is InChI=1S/C22H19ClN2O4/c1-15(22(27)25-20-12-11-17(23)13-24-20)29-21(26)14-28-19-10-6-5-9-18(19)16-7-3-2-4-8-16/h2-13,15H,14H2,1H3,(H,24,25,27). The minimum absolute atomic E-state index is 0.315. The molecule has 1 amide bonds. The topological polar surface area (TPSA) is 77.5 Å². The van der Waals surface area contributed by atoms with Gasteiger partial charge in [-0.25, -0.2) is 9.78 Å². The van der Waals surface area contributed by atoms with Crippen LogP contribution in [0.1, 0.15) is 6.92 Å². The fourth-order valence-corrected chi connectivity index (χ4v) is 2.66. The van der Waals surface area contributed by atoms with E-state index in [9.17, 15) is 9.59 Å². The monoisotopic (exact) mass is 410 g/mol. The maximum absolute atomic E-state index is 12.1. The van der Waals surface area contributed by atoms with E-state index in [1.807, 2.05) is 48.5 Å². The molecule has 0 aliphatic rings. The highest BCUT2D eigenvalue weighted by Crippen LogP contribution is 2.29. The number of rotatable bonds is 7. The number of aromatic nitrogens is 1. The van der Waals surface area contributed by atoms with Crippen LogP contribution in [-0.4, -0.2) is 29.6 Å². The molecule has 0 saturated heterocycles. The lowest BCUT2D eigenvalue weighted by atomic mass is 10.1. The number of nitrogens with zero attached hydrogens (tertiary/aromatic N) is 1. The highest BCUT2D eigenvalue weighted by molar-refractivity contribution is 6.30. The summed E-state index contributed by atoms with van der Waals surface area (Å²) in [6.45, 7) is 1.15. The smallest absolute Gasteiger partial charge is 0.344 e. The molecule has 2 aromatic carbocycles. The summed E-state index contributed by atoms with van der Waals surface area (Å²) in [5.74, 6) is -0.286. The van der Waals surface area contributed by atoms with Gasteiger partial charge in [0.1, 0.15) is 11.6 Å². The Morgan fingerprint density at radius 3 is 2.48 bits per heavy atom. The Labute approximate surface area is 173 Å². The zero-order valence-electron chi connectivity index (χ0n) is 15.7. The number of ether oxygens (including phenoxy) is 2. The van der Waals surface area contributed by atoms with Crippen LogP contribution in [0.2, 0.25) is 5.02 Å². The quantitative estimate of drug-likeness (QED) is 0.586. The van der Waals surface area contributed by atoms with Gasteiger partial charge in [0.25, 0.3) is 5.91 Å². The van der Waals surface area contributed by atoms with Gasteiger partial charge in [-0.3, -0.25) is 4.79 Å². The number of nitrogens with one attached hydrogen (secondary N) is 1. The van der Waals surface area contributed by atoms with Gasteiger partial charge in [-0.05, 0) is 30.7 Å². The lowest BCUT2D eigenvalue weighted by Crippen LogP contribution is -2.32. The molecule has 1 heterocycles. The van der Waals surface area contributed by atoms with Crippen LogP contribution in [0.3, 0.4) is 0 Å². The Kier molecular flexibility index (Phi) is 6.81. The molecule has 0 radical (unpaired) electrons. The number of anilines is 1. The molecular weight excluding hydrogens is 392 g/mol. The number of para-hydroxylation sites is 1. The lowest BCUT2D eigenvalue weighted by molar-refractivity contribution is -0.155. The number of hydrogen-bond acceptors (Lipinski definition) is 5. The summed E-state index contributed by atoms with van der Waals surface area (Å²) in [4.78, 5) is 28.2. The number of benzene rings is 2. The normalized spacial score (nSPS) is 11.4. The highest BCUT2D eigenvalue weighted by Gasteiger charge is 2.19. The summed E-state index contributed by atoms with van der Waals surface area (Å²) in [6, 6.07) is 20.2. The molecule has 148 valence electrons. The van der Waals surface area contributed by atoms with Crippen LogP contribution >= 0.6 is 11.6 Å². The van der Waals surface area contributed by atoms with Crippen molar-refractivity contribution in [1.29, 1.82) is 0 Å². The van der Waals surface area contributed by atoms with Crippen molar-refractivity contribution in [2.45, 2.75) is 13.0 Å². The first kappa shape index (κ1) is 20.4. The Morgan fingerprint density at radius 2 is 1.76 bits per heavy atom. The second kappa shape index (κ2) is 9.71. The second-order valence-corrected chi connectivity index (χ2v) is 6.57. The summed E-state index contributed by atoms with van der Waals surface area (Å²) >= 11 is 5.76. The van der Waals surface area contributed by atoms with Crippen LogP contribution < -0.4 is 10.1 Å². The fraction of sp³-hybridized carbons (Fsp3) is 0.136.